The minimum absolute atomic E-state index is 0.0729. The first-order chi connectivity index (χ1) is 7.97. The second-order valence-electron chi connectivity index (χ2n) is 3.74. The molecule has 2 nitrogen and oxygen atoms in total. The molecule has 1 rings (SSSR count). The highest BCUT2D eigenvalue weighted by molar-refractivity contribution is 7.99. The number of hydrogen-bond acceptors (Lipinski definition) is 3. The van der Waals surface area contributed by atoms with Crippen LogP contribution in [0.4, 0.5) is 4.39 Å². The molecule has 94 valence electrons. The molecule has 0 fully saturated rings. The van der Waals surface area contributed by atoms with Crippen LogP contribution < -0.4 is 0 Å². The van der Waals surface area contributed by atoms with E-state index in [1.54, 1.807) is 11.8 Å². The third-order valence-corrected chi connectivity index (χ3v) is 3.63. The first-order valence-corrected chi connectivity index (χ1v) is 6.56. The van der Waals surface area contributed by atoms with E-state index in [4.69, 9.17) is 11.6 Å². The molecule has 17 heavy (non-hydrogen) atoms. The number of rotatable bonds is 4. The van der Waals surface area contributed by atoms with Gasteiger partial charge in [-0.3, -0.25) is 0 Å². The van der Waals surface area contributed by atoms with Crippen molar-refractivity contribution in [2.24, 2.45) is 0 Å². The third-order valence-electron chi connectivity index (χ3n) is 2.15. The van der Waals surface area contributed by atoms with Gasteiger partial charge in [-0.15, -0.1) is 0 Å². The van der Waals surface area contributed by atoms with Gasteiger partial charge in [-0.05, 0) is 17.4 Å². The zero-order valence-corrected chi connectivity index (χ0v) is 11.5. The van der Waals surface area contributed by atoms with Crippen molar-refractivity contribution in [2.75, 3.05) is 7.11 Å². The number of halogens is 2. The van der Waals surface area contributed by atoms with E-state index in [1.165, 1.54) is 19.2 Å². The summed E-state index contributed by atoms with van der Waals surface area (Å²) in [7, 11) is 1.22. The van der Waals surface area contributed by atoms with E-state index in [9.17, 15) is 9.18 Å². The highest BCUT2D eigenvalue weighted by atomic mass is 35.5. The molecule has 0 aliphatic carbocycles. The minimum Gasteiger partial charge on any atom is -0.465 e. The van der Waals surface area contributed by atoms with Crippen LogP contribution in [0.3, 0.4) is 0 Å². The number of hydrogen-bond donors (Lipinski definition) is 0. The first kappa shape index (κ1) is 14.3. The molecule has 0 heterocycles. The normalized spacial score (nSPS) is 10.7. The Balaban J connectivity index is 3.06. The molecule has 0 atom stereocenters. The lowest BCUT2D eigenvalue weighted by molar-refractivity contribution is 0.0595. The lowest BCUT2D eigenvalue weighted by atomic mass is 10.1. The Bertz CT molecular complexity index is 421. The number of methoxy groups -OCH3 is 1. The lowest BCUT2D eigenvalue weighted by Gasteiger charge is -2.10. The van der Waals surface area contributed by atoms with Gasteiger partial charge in [-0.25, -0.2) is 9.18 Å². The molecule has 0 aliphatic heterocycles. The molecule has 0 N–H and O–H groups in total. The van der Waals surface area contributed by atoms with E-state index in [1.807, 2.05) is 13.8 Å². The summed E-state index contributed by atoms with van der Waals surface area (Å²) >= 11 is 7.49. The highest BCUT2D eigenvalue weighted by Gasteiger charge is 2.18. The van der Waals surface area contributed by atoms with Gasteiger partial charge < -0.3 is 4.74 Å². The van der Waals surface area contributed by atoms with Crippen LogP contribution in [0.1, 0.15) is 29.8 Å². The quantitative estimate of drug-likeness (QED) is 0.780. The van der Waals surface area contributed by atoms with Crippen LogP contribution in [0, 0.1) is 5.82 Å². The Morgan fingerprint density at radius 1 is 1.53 bits per heavy atom. The summed E-state index contributed by atoms with van der Waals surface area (Å²) < 4.78 is 18.5. The molecule has 0 aliphatic rings. The van der Waals surface area contributed by atoms with E-state index in [0.717, 1.165) is 0 Å². The van der Waals surface area contributed by atoms with Crippen molar-refractivity contribution in [3.63, 3.8) is 0 Å². The van der Waals surface area contributed by atoms with E-state index >= 15 is 0 Å². The van der Waals surface area contributed by atoms with Gasteiger partial charge in [-0.2, -0.15) is 11.8 Å². The maximum absolute atomic E-state index is 14.0. The predicted octanol–water partition coefficient (Wildman–Crippen LogP) is 3.91. The van der Waals surface area contributed by atoms with Crippen LogP contribution >= 0.6 is 23.4 Å². The summed E-state index contributed by atoms with van der Waals surface area (Å²) in [5, 5.41) is 0.704. The Hall–Kier alpha value is -0.740. The fourth-order valence-electron chi connectivity index (χ4n) is 1.25. The van der Waals surface area contributed by atoms with Crippen LogP contribution in [-0.4, -0.2) is 18.3 Å². The van der Waals surface area contributed by atoms with Gasteiger partial charge in [0.05, 0.1) is 12.7 Å². The number of carbonyl (C=O) groups is 1. The Kier molecular flexibility index (Phi) is 5.28. The molecule has 0 unspecified atom stereocenters. The first-order valence-electron chi connectivity index (χ1n) is 5.14. The Morgan fingerprint density at radius 2 is 2.18 bits per heavy atom. The van der Waals surface area contributed by atoms with Gasteiger partial charge in [0.25, 0.3) is 0 Å². The van der Waals surface area contributed by atoms with Crippen molar-refractivity contribution in [1.82, 2.24) is 0 Å². The number of ether oxygens (including phenoxy) is 1. The summed E-state index contributed by atoms with van der Waals surface area (Å²) in [6.07, 6.45) is 0. The van der Waals surface area contributed by atoms with Crippen LogP contribution in [0.25, 0.3) is 0 Å². The molecule has 0 saturated heterocycles. The van der Waals surface area contributed by atoms with E-state index in [2.05, 4.69) is 4.74 Å². The van der Waals surface area contributed by atoms with Crippen molar-refractivity contribution >= 4 is 29.3 Å². The maximum atomic E-state index is 14.0. The van der Waals surface area contributed by atoms with Crippen LogP contribution in [0.2, 0.25) is 5.02 Å². The smallest absolute Gasteiger partial charge is 0.340 e. The summed E-state index contributed by atoms with van der Waals surface area (Å²) in [6.45, 7) is 4.03. The topological polar surface area (TPSA) is 26.3 Å². The third kappa shape index (κ3) is 3.61. The molecule has 0 amide bonds. The summed E-state index contributed by atoms with van der Waals surface area (Å²) in [5.74, 6) is -0.833. The molecule has 5 heteroatoms. The van der Waals surface area contributed by atoms with Crippen molar-refractivity contribution in [1.29, 1.82) is 0 Å². The van der Waals surface area contributed by atoms with E-state index in [0.29, 0.717) is 21.6 Å². The SMILES string of the molecule is COC(=O)c1ccc(Cl)c(CSC(C)C)c1F. The number of thioether (sulfide) groups is 1. The van der Waals surface area contributed by atoms with Crippen molar-refractivity contribution < 1.29 is 13.9 Å². The fraction of sp³-hybridized carbons (Fsp3) is 0.417. The molecule has 0 aromatic heterocycles. The van der Waals surface area contributed by atoms with Gasteiger partial charge in [0.15, 0.2) is 0 Å². The van der Waals surface area contributed by atoms with E-state index in [-0.39, 0.29) is 5.56 Å². The number of carbonyl (C=O) groups excluding carboxylic acids is 1. The average Bonchev–Trinajstić information content (AvgIpc) is 2.27. The average molecular weight is 277 g/mol. The number of benzene rings is 1. The van der Waals surface area contributed by atoms with E-state index < -0.39 is 11.8 Å². The van der Waals surface area contributed by atoms with Crippen molar-refractivity contribution in [2.45, 2.75) is 24.9 Å². The molecule has 0 saturated carbocycles. The van der Waals surface area contributed by atoms with Gasteiger partial charge in [0.1, 0.15) is 5.82 Å². The van der Waals surface area contributed by atoms with Gasteiger partial charge in [-0.1, -0.05) is 25.4 Å². The zero-order chi connectivity index (χ0) is 13.0. The van der Waals surface area contributed by atoms with Crippen molar-refractivity contribution in [3.8, 4) is 0 Å². The Morgan fingerprint density at radius 3 is 2.71 bits per heavy atom. The molecular weight excluding hydrogens is 263 g/mol. The highest BCUT2D eigenvalue weighted by Crippen LogP contribution is 2.28. The van der Waals surface area contributed by atoms with Gasteiger partial charge in [0.2, 0.25) is 0 Å². The molecule has 1 aromatic carbocycles. The van der Waals surface area contributed by atoms with Crippen LogP contribution in [0.15, 0.2) is 12.1 Å². The van der Waals surface area contributed by atoms with Crippen LogP contribution in [0.5, 0.6) is 0 Å². The van der Waals surface area contributed by atoms with Gasteiger partial charge in [0, 0.05) is 16.3 Å². The van der Waals surface area contributed by atoms with Crippen LogP contribution in [-0.2, 0) is 10.5 Å². The minimum atomic E-state index is -0.685. The standard InChI is InChI=1S/C12H14ClFO2S/c1-7(2)17-6-9-10(13)5-4-8(11(9)14)12(15)16-3/h4-5,7H,6H2,1-3H3. The second-order valence-corrected chi connectivity index (χ2v) is 5.71. The number of esters is 1. The molecular formula is C12H14ClFO2S. The predicted molar refractivity (Wildman–Crippen MR) is 69.2 cm³/mol. The molecule has 0 radical (unpaired) electrons. The summed E-state index contributed by atoms with van der Waals surface area (Å²) in [5.41, 5.74) is 0.282. The van der Waals surface area contributed by atoms with Gasteiger partial charge >= 0.3 is 5.97 Å². The fourth-order valence-corrected chi connectivity index (χ4v) is 2.32. The second kappa shape index (κ2) is 6.26. The Labute approximate surface area is 109 Å². The molecule has 0 bridgehead atoms. The summed E-state index contributed by atoms with van der Waals surface area (Å²) in [4.78, 5) is 11.3. The zero-order valence-electron chi connectivity index (χ0n) is 9.92. The lowest BCUT2D eigenvalue weighted by Crippen LogP contribution is -2.07. The largest absolute Gasteiger partial charge is 0.465 e. The molecule has 0 spiro atoms. The maximum Gasteiger partial charge on any atom is 0.340 e. The monoisotopic (exact) mass is 276 g/mol. The summed E-state index contributed by atoms with van der Waals surface area (Å²) in [6, 6.07) is 2.86. The van der Waals surface area contributed by atoms with Crippen molar-refractivity contribution in [3.05, 3.63) is 34.1 Å². The molecule has 1 aromatic rings.